The van der Waals surface area contributed by atoms with E-state index in [9.17, 15) is 4.79 Å². The SMILES string of the molecule is CC(=O)c1cccnc1OC(C)(C)C. The number of ketones is 1. The second-order valence-corrected chi connectivity index (χ2v) is 4.13. The van der Waals surface area contributed by atoms with Crippen molar-refractivity contribution in [2.75, 3.05) is 0 Å². The lowest BCUT2D eigenvalue weighted by Crippen LogP contribution is -2.24. The van der Waals surface area contributed by atoms with Crippen LogP contribution in [0.5, 0.6) is 5.88 Å². The number of hydrogen-bond acceptors (Lipinski definition) is 3. The Morgan fingerprint density at radius 3 is 2.57 bits per heavy atom. The molecule has 0 saturated carbocycles. The lowest BCUT2D eigenvalue weighted by atomic mass is 10.1. The summed E-state index contributed by atoms with van der Waals surface area (Å²) in [5, 5.41) is 0. The van der Waals surface area contributed by atoms with E-state index in [1.807, 2.05) is 20.8 Å². The smallest absolute Gasteiger partial charge is 0.224 e. The molecule has 1 heterocycles. The summed E-state index contributed by atoms with van der Waals surface area (Å²) >= 11 is 0. The van der Waals surface area contributed by atoms with Crippen molar-refractivity contribution in [3.63, 3.8) is 0 Å². The van der Waals surface area contributed by atoms with Gasteiger partial charge in [0.2, 0.25) is 5.88 Å². The van der Waals surface area contributed by atoms with E-state index < -0.39 is 0 Å². The first-order chi connectivity index (χ1) is 6.40. The van der Waals surface area contributed by atoms with Crippen LogP contribution in [0.2, 0.25) is 0 Å². The minimum atomic E-state index is -0.335. The second-order valence-electron chi connectivity index (χ2n) is 4.13. The fraction of sp³-hybridized carbons (Fsp3) is 0.455. The number of ether oxygens (including phenoxy) is 1. The van der Waals surface area contributed by atoms with Crippen LogP contribution in [-0.2, 0) is 0 Å². The van der Waals surface area contributed by atoms with Crippen molar-refractivity contribution in [3.8, 4) is 5.88 Å². The molecule has 14 heavy (non-hydrogen) atoms. The van der Waals surface area contributed by atoms with Gasteiger partial charge in [0.1, 0.15) is 5.60 Å². The standard InChI is InChI=1S/C11H15NO2/c1-8(13)9-6-5-7-12-10(9)14-11(2,3)4/h5-7H,1-4H3. The van der Waals surface area contributed by atoms with Gasteiger partial charge in [-0.3, -0.25) is 4.79 Å². The topological polar surface area (TPSA) is 39.2 Å². The molecule has 0 amide bonds. The van der Waals surface area contributed by atoms with Gasteiger partial charge in [-0.2, -0.15) is 0 Å². The fourth-order valence-corrected chi connectivity index (χ4v) is 1.03. The summed E-state index contributed by atoms with van der Waals surface area (Å²) in [4.78, 5) is 15.3. The molecule has 0 aromatic carbocycles. The lowest BCUT2D eigenvalue weighted by Gasteiger charge is -2.21. The highest BCUT2D eigenvalue weighted by atomic mass is 16.5. The molecule has 0 fully saturated rings. The van der Waals surface area contributed by atoms with Crippen molar-refractivity contribution in [1.29, 1.82) is 0 Å². The molecule has 0 aliphatic carbocycles. The number of nitrogens with zero attached hydrogens (tertiary/aromatic N) is 1. The van der Waals surface area contributed by atoms with Gasteiger partial charge in [0.15, 0.2) is 5.78 Å². The predicted octanol–water partition coefficient (Wildman–Crippen LogP) is 2.46. The van der Waals surface area contributed by atoms with Crippen molar-refractivity contribution >= 4 is 5.78 Å². The van der Waals surface area contributed by atoms with Crippen LogP contribution in [0.25, 0.3) is 0 Å². The van der Waals surface area contributed by atoms with Crippen LogP contribution in [0.4, 0.5) is 0 Å². The molecule has 1 aromatic rings. The molecule has 0 saturated heterocycles. The number of rotatable bonds is 2. The number of carbonyl (C=O) groups is 1. The Hall–Kier alpha value is -1.38. The molecule has 0 atom stereocenters. The maximum absolute atomic E-state index is 11.2. The molecule has 1 aromatic heterocycles. The lowest BCUT2D eigenvalue weighted by molar-refractivity contribution is 0.0982. The van der Waals surface area contributed by atoms with Crippen LogP contribution in [0.15, 0.2) is 18.3 Å². The van der Waals surface area contributed by atoms with Crippen LogP contribution in [-0.4, -0.2) is 16.4 Å². The first kappa shape index (κ1) is 10.7. The van der Waals surface area contributed by atoms with Gasteiger partial charge in [-0.05, 0) is 39.8 Å². The minimum Gasteiger partial charge on any atom is -0.471 e. The highest BCUT2D eigenvalue weighted by molar-refractivity contribution is 5.96. The molecule has 1 rings (SSSR count). The van der Waals surface area contributed by atoms with E-state index in [1.54, 1.807) is 18.3 Å². The van der Waals surface area contributed by atoms with Gasteiger partial charge in [0, 0.05) is 6.20 Å². The minimum absolute atomic E-state index is 0.0302. The first-order valence-corrected chi connectivity index (χ1v) is 4.55. The van der Waals surface area contributed by atoms with E-state index >= 15 is 0 Å². The van der Waals surface area contributed by atoms with Crippen molar-refractivity contribution < 1.29 is 9.53 Å². The Morgan fingerprint density at radius 2 is 2.07 bits per heavy atom. The Labute approximate surface area is 84.1 Å². The van der Waals surface area contributed by atoms with E-state index in [2.05, 4.69) is 4.98 Å². The zero-order valence-electron chi connectivity index (χ0n) is 9.00. The molecular formula is C11H15NO2. The average Bonchev–Trinajstić information content (AvgIpc) is 2.01. The van der Waals surface area contributed by atoms with Crippen LogP contribution >= 0.6 is 0 Å². The van der Waals surface area contributed by atoms with Gasteiger partial charge in [-0.1, -0.05) is 0 Å². The molecule has 3 heteroatoms. The van der Waals surface area contributed by atoms with Crippen LogP contribution in [0.1, 0.15) is 38.1 Å². The van der Waals surface area contributed by atoms with Crippen LogP contribution in [0.3, 0.4) is 0 Å². The normalized spacial score (nSPS) is 11.1. The molecular weight excluding hydrogens is 178 g/mol. The zero-order chi connectivity index (χ0) is 10.8. The van der Waals surface area contributed by atoms with Gasteiger partial charge in [-0.15, -0.1) is 0 Å². The predicted molar refractivity (Wildman–Crippen MR) is 54.6 cm³/mol. The van der Waals surface area contributed by atoms with Crippen molar-refractivity contribution in [1.82, 2.24) is 4.98 Å². The van der Waals surface area contributed by atoms with Crippen molar-refractivity contribution in [3.05, 3.63) is 23.9 Å². The molecule has 76 valence electrons. The molecule has 0 radical (unpaired) electrons. The molecule has 0 aliphatic rings. The van der Waals surface area contributed by atoms with Gasteiger partial charge in [0.05, 0.1) is 5.56 Å². The third-order valence-electron chi connectivity index (χ3n) is 1.55. The number of carbonyl (C=O) groups excluding carboxylic acids is 1. The number of aromatic nitrogens is 1. The van der Waals surface area contributed by atoms with E-state index in [0.29, 0.717) is 11.4 Å². The summed E-state index contributed by atoms with van der Waals surface area (Å²) in [5.74, 6) is 0.379. The maximum Gasteiger partial charge on any atom is 0.224 e. The molecule has 3 nitrogen and oxygen atoms in total. The molecule has 0 N–H and O–H groups in total. The highest BCUT2D eigenvalue weighted by Crippen LogP contribution is 2.20. The molecule has 0 spiro atoms. The van der Waals surface area contributed by atoms with Crippen LogP contribution < -0.4 is 4.74 Å². The van der Waals surface area contributed by atoms with E-state index in [0.717, 1.165) is 0 Å². The van der Waals surface area contributed by atoms with E-state index in [1.165, 1.54) is 6.92 Å². The van der Waals surface area contributed by atoms with E-state index in [4.69, 9.17) is 4.74 Å². The fourth-order valence-electron chi connectivity index (χ4n) is 1.03. The summed E-state index contributed by atoms with van der Waals surface area (Å²) in [6, 6.07) is 3.45. The third kappa shape index (κ3) is 2.83. The molecule has 0 bridgehead atoms. The van der Waals surface area contributed by atoms with Crippen molar-refractivity contribution in [2.45, 2.75) is 33.3 Å². The third-order valence-corrected chi connectivity index (χ3v) is 1.55. The Kier molecular flexibility index (Phi) is 2.89. The largest absolute Gasteiger partial charge is 0.471 e. The van der Waals surface area contributed by atoms with E-state index in [-0.39, 0.29) is 11.4 Å². The number of pyridine rings is 1. The second kappa shape index (κ2) is 3.78. The summed E-state index contributed by atoms with van der Waals surface area (Å²) in [6.07, 6.45) is 1.62. The summed E-state index contributed by atoms with van der Waals surface area (Å²) in [7, 11) is 0. The highest BCUT2D eigenvalue weighted by Gasteiger charge is 2.16. The number of hydrogen-bond donors (Lipinski definition) is 0. The quantitative estimate of drug-likeness (QED) is 0.677. The Morgan fingerprint density at radius 1 is 1.43 bits per heavy atom. The van der Waals surface area contributed by atoms with Crippen LogP contribution in [0, 0.1) is 0 Å². The van der Waals surface area contributed by atoms with Crippen molar-refractivity contribution in [2.24, 2.45) is 0 Å². The van der Waals surface area contributed by atoms with Gasteiger partial charge >= 0.3 is 0 Å². The zero-order valence-corrected chi connectivity index (χ0v) is 9.00. The Bertz CT molecular complexity index is 339. The van der Waals surface area contributed by atoms with Gasteiger partial charge in [-0.25, -0.2) is 4.98 Å². The first-order valence-electron chi connectivity index (χ1n) is 4.55. The molecule has 0 aliphatic heterocycles. The average molecular weight is 193 g/mol. The summed E-state index contributed by atoms with van der Waals surface area (Å²) < 4.78 is 5.56. The molecule has 0 unspecified atom stereocenters. The van der Waals surface area contributed by atoms with Gasteiger partial charge < -0.3 is 4.74 Å². The monoisotopic (exact) mass is 193 g/mol. The maximum atomic E-state index is 11.2. The Balaban J connectivity index is 3.02. The summed E-state index contributed by atoms with van der Waals surface area (Å²) in [6.45, 7) is 7.27. The summed E-state index contributed by atoms with van der Waals surface area (Å²) in [5.41, 5.74) is 0.195. The van der Waals surface area contributed by atoms with Gasteiger partial charge in [0.25, 0.3) is 0 Å². The number of Topliss-reactive ketones (excluding diaryl/α,β-unsaturated/α-hetero) is 1.